The summed E-state index contributed by atoms with van der Waals surface area (Å²) in [7, 11) is 3.73. The Morgan fingerprint density at radius 3 is 2.56 bits per heavy atom. The Bertz CT molecular complexity index is 1720. The third kappa shape index (κ3) is 4.88. The lowest BCUT2D eigenvalue weighted by Gasteiger charge is -2.35. The van der Waals surface area contributed by atoms with E-state index in [1.807, 2.05) is 50.0 Å². The fourth-order valence-corrected chi connectivity index (χ4v) is 6.48. The van der Waals surface area contributed by atoms with Crippen LogP contribution in [0.5, 0.6) is 0 Å². The number of nitrogens with zero attached hydrogens (tertiary/aromatic N) is 7. The van der Waals surface area contributed by atoms with E-state index in [0.29, 0.717) is 28.6 Å². The summed E-state index contributed by atoms with van der Waals surface area (Å²) in [5.74, 6) is 1.31. The second kappa shape index (κ2) is 10.6. The zero-order valence-corrected chi connectivity index (χ0v) is 25.1. The van der Waals surface area contributed by atoms with Crippen LogP contribution in [0.2, 0.25) is 5.15 Å². The number of halogens is 1. The molecule has 1 amide bonds. The van der Waals surface area contributed by atoms with Crippen molar-refractivity contribution in [3.63, 3.8) is 0 Å². The third-order valence-electron chi connectivity index (χ3n) is 7.93. The number of hydrogen-bond acceptors (Lipinski definition) is 9. The minimum Gasteiger partial charge on any atom is -0.377 e. The number of fused-ring (bicyclic) bond motifs is 3. The van der Waals surface area contributed by atoms with Crippen molar-refractivity contribution in [2.45, 2.75) is 38.4 Å². The summed E-state index contributed by atoms with van der Waals surface area (Å²) < 4.78 is 6.20. The first-order chi connectivity index (χ1) is 19.6. The van der Waals surface area contributed by atoms with Gasteiger partial charge in [-0.2, -0.15) is 5.10 Å². The average molecular weight is 594 g/mol. The molecule has 2 aliphatic heterocycles. The minimum atomic E-state index is -0.345. The van der Waals surface area contributed by atoms with E-state index in [2.05, 4.69) is 29.9 Å². The van der Waals surface area contributed by atoms with Gasteiger partial charge >= 0.3 is 0 Å². The van der Waals surface area contributed by atoms with Crippen LogP contribution in [0.15, 0.2) is 41.3 Å². The van der Waals surface area contributed by atoms with E-state index in [1.165, 1.54) is 11.9 Å². The van der Waals surface area contributed by atoms with Crippen LogP contribution in [0.4, 0.5) is 17.5 Å². The maximum atomic E-state index is 13.7. The van der Waals surface area contributed by atoms with Crippen LogP contribution in [-0.2, 0) is 14.1 Å². The monoisotopic (exact) mass is 593 g/mol. The highest BCUT2D eigenvalue weighted by Crippen LogP contribution is 2.37. The van der Waals surface area contributed by atoms with Crippen LogP contribution >= 0.6 is 23.5 Å². The molecule has 2 bridgehead atoms. The van der Waals surface area contributed by atoms with Gasteiger partial charge in [-0.3, -0.25) is 23.6 Å². The molecule has 0 spiro atoms. The van der Waals surface area contributed by atoms with Crippen molar-refractivity contribution in [1.82, 2.24) is 29.0 Å². The second-order valence-corrected chi connectivity index (χ2v) is 11.8. The first-order valence-electron chi connectivity index (χ1n) is 13.4. The quantitative estimate of drug-likeness (QED) is 0.245. The Morgan fingerprint density at radius 2 is 1.88 bits per heavy atom. The van der Waals surface area contributed by atoms with Crippen LogP contribution in [0.1, 0.15) is 41.0 Å². The first-order valence-corrected chi connectivity index (χ1v) is 15.1. The van der Waals surface area contributed by atoms with Gasteiger partial charge in [0.2, 0.25) is 5.95 Å². The summed E-state index contributed by atoms with van der Waals surface area (Å²) in [6.07, 6.45) is 4.72. The number of nitrogens with one attached hydrogen (secondary N) is 2. The number of anilines is 3. The number of amides is 1. The number of rotatable bonds is 7. The topological polar surface area (TPSA) is 113 Å². The normalized spacial score (nSPS) is 18.8. The third-order valence-corrected chi connectivity index (χ3v) is 8.53. The minimum absolute atomic E-state index is 0.0836. The Kier molecular flexibility index (Phi) is 7.06. The highest BCUT2D eigenvalue weighted by molar-refractivity contribution is 7.97. The van der Waals surface area contributed by atoms with Gasteiger partial charge in [-0.15, -0.1) is 0 Å². The van der Waals surface area contributed by atoms with E-state index in [1.54, 1.807) is 30.0 Å². The number of carbonyl (C=O) groups is 1. The highest BCUT2D eigenvalue weighted by Gasteiger charge is 2.45. The summed E-state index contributed by atoms with van der Waals surface area (Å²) in [6.45, 7) is 5.56. The summed E-state index contributed by atoms with van der Waals surface area (Å²) in [6, 6.07) is 9.62. The van der Waals surface area contributed by atoms with Crippen LogP contribution in [0.3, 0.4) is 0 Å². The van der Waals surface area contributed by atoms with Crippen LogP contribution in [0.25, 0.3) is 10.9 Å². The van der Waals surface area contributed by atoms with E-state index < -0.39 is 0 Å². The number of benzene rings is 1. The molecule has 3 aromatic heterocycles. The van der Waals surface area contributed by atoms with E-state index in [-0.39, 0.29) is 34.4 Å². The molecule has 11 nitrogen and oxygen atoms in total. The highest BCUT2D eigenvalue weighted by atomic mass is 35.5. The van der Waals surface area contributed by atoms with Gasteiger partial charge in [0.1, 0.15) is 5.15 Å². The maximum absolute atomic E-state index is 13.7. The Morgan fingerprint density at radius 1 is 1.12 bits per heavy atom. The summed E-state index contributed by atoms with van der Waals surface area (Å²) >= 11 is 7.30. The maximum Gasteiger partial charge on any atom is 0.281 e. The van der Waals surface area contributed by atoms with Gasteiger partial charge in [0.25, 0.3) is 11.5 Å². The number of hydrogen-bond donors (Lipinski definition) is 2. The molecular formula is C28H32ClN9O2S. The number of carbonyl (C=O) groups excluding carboxylic acids is 1. The summed E-state index contributed by atoms with van der Waals surface area (Å²) in [4.78, 5) is 40.4. The van der Waals surface area contributed by atoms with Crippen LogP contribution < -0.4 is 25.4 Å². The molecule has 0 radical (unpaired) electrons. The van der Waals surface area contributed by atoms with E-state index in [4.69, 9.17) is 16.6 Å². The lowest BCUT2D eigenvalue weighted by molar-refractivity contribution is 0.0980. The number of piperazine rings is 1. The smallest absolute Gasteiger partial charge is 0.281 e. The van der Waals surface area contributed by atoms with Gasteiger partial charge < -0.3 is 15.1 Å². The number of aromatic nitrogens is 5. The van der Waals surface area contributed by atoms with E-state index in [0.717, 1.165) is 36.5 Å². The molecule has 4 aromatic rings. The fraction of sp³-hybridized carbons (Fsp3) is 0.393. The molecule has 3 atom stereocenters. The first kappa shape index (κ1) is 27.4. The van der Waals surface area contributed by atoms with E-state index in [9.17, 15) is 9.59 Å². The Labute approximate surface area is 247 Å². The average Bonchev–Trinajstić information content (AvgIpc) is 3.67. The molecule has 41 heavy (non-hydrogen) atoms. The van der Waals surface area contributed by atoms with Gasteiger partial charge in [-0.25, -0.2) is 9.97 Å². The summed E-state index contributed by atoms with van der Waals surface area (Å²) in [5.41, 5.74) is 3.12. The molecule has 214 valence electrons. The second-order valence-electron chi connectivity index (χ2n) is 10.8. The Balaban J connectivity index is 1.36. The van der Waals surface area contributed by atoms with E-state index >= 15 is 0 Å². The lowest BCUT2D eigenvalue weighted by atomic mass is 10.0. The van der Waals surface area contributed by atoms with Crippen LogP contribution in [-0.4, -0.2) is 61.7 Å². The zero-order chi connectivity index (χ0) is 29.0. The molecule has 0 saturated carbocycles. The molecule has 0 aliphatic carbocycles. The molecule has 6 rings (SSSR count). The lowest BCUT2D eigenvalue weighted by Crippen LogP contribution is -2.48. The van der Waals surface area contributed by atoms with Gasteiger partial charge in [0.05, 0.1) is 34.7 Å². The molecule has 2 N–H and O–H groups in total. The molecule has 2 aliphatic rings. The SMILES string of the molecule is CSNC(=O)c1nc(Cl)ccc1NC(C)c1cc(C)cc2c(=O)n(C)c(N3CC4CC3CN4c3ccn(C)n3)nc12. The molecule has 5 heterocycles. The van der Waals surface area contributed by atoms with Crippen molar-refractivity contribution < 1.29 is 4.79 Å². The predicted octanol–water partition coefficient (Wildman–Crippen LogP) is 3.67. The van der Waals surface area contributed by atoms with Crippen LogP contribution in [0, 0.1) is 6.92 Å². The fourth-order valence-electron chi connectivity index (χ4n) is 6.05. The van der Waals surface area contributed by atoms with Crippen molar-refractivity contribution in [3.8, 4) is 0 Å². The molecule has 2 saturated heterocycles. The van der Waals surface area contributed by atoms with Gasteiger partial charge in [0.15, 0.2) is 11.5 Å². The number of aryl methyl sites for hydroxylation is 2. The predicted molar refractivity (Wildman–Crippen MR) is 164 cm³/mol. The van der Waals surface area contributed by atoms with Gasteiger partial charge in [-0.05, 0) is 44.0 Å². The molecule has 1 aromatic carbocycles. The van der Waals surface area contributed by atoms with Gasteiger partial charge in [-0.1, -0.05) is 29.6 Å². The molecular weight excluding hydrogens is 562 g/mol. The largest absolute Gasteiger partial charge is 0.377 e. The molecule has 13 heteroatoms. The van der Waals surface area contributed by atoms with Crippen molar-refractivity contribution in [2.75, 3.05) is 34.5 Å². The van der Waals surface area contributed by atoms with Crippen molar-refractivity contribution in [1.29, 1.82) is 0 Å². The standard InChI is InChI=1S/C28H32ClN9O2S/c1-15-10-19(16(2)30-21-6-7-22(29)31-25(21)26(39)34-41-5)24-20(11-15)27(40)36(4)28(32-24)38-14-17-12-18(38)13-37(17)23-8-9-35(3)33-23/h6-11,16-18,30H,12-14H2,1-5H3,(H,34,39). The summed E-state index contributed by atoms with van der Waals surface area (Å²) in [5, 5.41) is 8.81. The molecule has 3 unspecified atom stereocenters. The van der Waals surface area contributed by atoms with Crippen molar-refractivity contribution >= 4 is 57.8 Å². The van der Waals surface area contributed by atoms with Gasteiger partial charge in [0, 0.05) is 51.3 Å². The molecule has 2 fully saturated rings. The number of pyridine rings is 1. The van der Waals surface area contributed by atoms with Crippen molar-refractivity contribution in [2.24, 2.45) is 14.1 Å². The zero-order valence-electron chi connectivity index (χ0n) is 23.6. The van der Waals surface area contributed by atoms with Crippen molar-refractivity contribution in [3.05, 3.63) is 68.9 Å². The Hall–Kier alpha value is -3.77.